The summed E-state index contributed by atoms with van der Waals surface area (Å²) in [5.41, 5.74) is 6.76. The van der Waals surface area contributed by atoms with Gasteiger partial charge in [0.15, 0.2) is 0 Å². The van der Waals surface area contributed by atoms with E-state index in [2.05, 4.69) is 58.9 Å². The quantitative estimate of drug-likeness (QED) is 0.385. The largest absolute Gasteiger partial charge is 0.269 e. The van der Waals surface area contributed by atoms with Gasteiger partial charge in [-0.15, -0.1) is 0 Å². The standard InChI is InChI=1S/C22H25NO2/c1-15(12-16-6-9-18(10-7-16)23(24)25)17-8-11-19-20(13-17)22(4,5)14-21(19,2)3/h6-13H,14H2,1-5H3. The molecule has 0 aliphatic heterocycles. The van der Waals surface area contributed by atoms with Crippen LogP contribution in [0.1, 0.15) is 63.3 Å². The van der Waals surface area contributed by atoms with Crippen molar-refractivity contribution < 1.29 is 4.92 Å². The summed E-state index contributed by atoms with van der Waals surface area (Å²) in [6, 6.07) is 13.5. The number of nitrogens with zero attached hydrogens (tertiary/aromatic N) is 1. The van der Waals surface area contributed by atoms with Crippen molar-refractivity contribution in [1.29, 1.82) is 0 Å². The van der Waals surface area contributed by atoms with Gasteiger partial charge in [-0.3, -0.25) is 10.1 Å². The highest BCUT2D eigenvalue weighted by atomic mass is 16.6. The fourth-order valence-corrected chi connectivity index (χ4v) is 4.26. The van der Waals surface area contributed by atoms with Crippen molar-refractivity contribution in [2.24, 2.45) is 0 Å². The van der Waals surface area contributed by atoms with Gasteiger partial charge < -0.3 is 0 Å². The minimum atomic E-state index is -0.370. The summed E-state index contributed by atoms with van der Waals surface area (Å²) in [6.45, 7) is 11.4. The van der Waals surface area contributed by atoms with Gasteiger partial charge in [0.1, 0.15) is 0 Å². The molecule has 0 heterocycles. The summed E-state index contributed by atoms with van der Waals surface area (Å²) in [7, 11) is 0. The summed E-state index contributed by atoms with van der Waals surface area (Å²) < 4.78 is 0. The van der Waals surface area contributed by atoms with Gasteiger partial charge in [0.25, 0.3) is 5.69 Å². The van der Waals surface area contributed by atoms with Crippen LogP contribution in [-0.4, -0.2) is 4.92 Å². The van der Waals surface area contributed by atoms with Crippen molar-refractivity contribution in [2.45, 2.75) is 51.9 Å². The molecule has 0 saturated heterocycles. The molecule has 1 aliphatic carbocycles. The topological polar surface area (TPSA) is 43.1 Å². The highest BCUT2D eigenvalue weighted by Crippen LogP contribution is 2.49. The average Bonchev–Trinajstić information content (AvgIpc) is 2.72. The van der Waals surface area contributed by atoms with Gasteiger partial charge in [-0.25, -0.2) is 0 Å². The van der Waals surface area contributed by atoms with E-state index in [9.17, 15) is 10.1 Å². The normalized spacial score (nSPS) is 18.0. The molecular formula is C22H25NO2. The number of rotatable bonds is 3. The predicted molar refractivity (Wildman–Crippen MR) is 104 cm³/mol. The zero-order chi connectivity index (χ0) is 18.4. The maximum Gasteiger partial charge on any atom is 0.269 e. The molecule has 2 aromatic rings. The number of hydrogen-bond acceptors (Lipinski definition) is 2. The van der Waals surface area contributed by atoms with E-state index in [1.54, 1.807) is 24.3 Å². The third-order valence-corrected chi connectivity index (χ3v) is 5.30. The Labute approximate surface area is 149 Å². The number of hydrogen-bond donors (Lipinski definition) is 0. The van der Waals surface area contributed by atoms with Crippen LogP contribution in [0, 0.1) is 10.1 Å². The van der Waals surface area contributed by atoms with Gasteiger partial charge in [0.2, 0.25) is 0 Å². The van der Waals surface area contributed by atoms with E-state index in [1.165, 1.54) is 16.7 Å². The molecule has 0 bridgehead atoms. The molecule has 2 aromatic carbocycles. The Bertz CT molecular complexity index is 858. The van der Waals surface area contributed by atoms with Crippen molar-refractivity contribution in [1.82, 2.24) is 0 Å². The molecule has 3 rings (SSSR count). The molecule has 0 radical (unpaired) electrons. The molecule has 1 aliphatic rings. The maximum atomic E-state index is 10.8. The van der Waals surface area contributed by atoms with Gasteiger partial charge >= 0.3 is 0 Å². The number of fused-ring (bicyclic) bond motifs is 1. The van der Waals surface area contributed by atoms with E-state index in [4.69, 9.17) is 0 Å². The summed E-state index contributed by atoms with van der Waals surface area (Å²) >= 11 is 0. The number of nitro benzene ring substituents is 1. The van der Waals surface area contributed by atoms with Gasteiger partial charge in [0, 0.05) is 12.1 Å². The first kappa shape index (κ1) is 17.4. The first-order chi connectivity index (χ1) is 11.6. The zero-order valence-corrected chi connectivity index (χ0v) is 15.6. The van der Waals surface area contributed by atoms with Crippen LogP contribution in [0.15, 0.2) is 42.5 Å². The minimum Gasteiger partial charge on any atom is -0.258 e. The van der Waals surface area contributed by atoms with Gasteiger partial charge in [0.05, 0.1) is 4.92 Å². The second-order valence-corrected chi connectivity index (χ2v) is 8.38. The van der Waals surface area contributed by atoms with Crippen LogP contribution < -0.4 is 0 Å². The van der Waals surface area contributed by atoms with Crippen LogP contribution in [0.3, 0.4) is 0 Å². The van der Waals surface area contributed by atoms with Crippen molar-refractivity contribution in [3.63, 3.8) is 0 Å². The summed E-state index contributed by atoms with van der Waals surface area (Å²) in [5.74, 6) is 0. The molecular weight excluding hydrogens is 310 g/mol. The molecule has 0 unspecified atom stereocenters. The Hall–Kier alpha value is -2.42. The molecule has 0 amide bonds. The summed E-state index contributed by atoms with van der Waals surface area (Å²) in [6.07, 6.45) is 3.24. The Kier molecular flexibility index (Phi) is 4.06. The van der Waals surface area contributed by atoms with Crippen LogP contribution >= 0.6 is 0 Å². The lowest BCUT2D eigenvalue weighted by molar-refractivity contribution is -0.384. The molecule has 3 heteroatoms. The van der Waals surface area contributed by atoms with E-state index in [0.717, 1.165) is 17.6 Å². The zero-order valence-electron chi connectivity index (χ0n) is 15.6. The molecule has 0 spiro atoms. The maximum absolute atomic E-state index is 10.8. The minimum absolute atomic E-state index is 0.122. The number of non-ortho nitro benzene ring substituents is 1. The van der Waals surface area contributed by atoms with Gasteiger partial charge in [-0.05, 0) is 64.1 Å². The molecule has 25 heavy (non-hydrogen) atoms. The van der Waals surface area contributed by atoms with Crippen LogP contribution in [0.4, 0.5) is 5.69 Å². The molecule has 0 atom stereocenters. The Morgan fingerprint density at radius 3 is 2.20 bits per heavy atom. The van der Waals surface area contributed by atoms with Crippen molar-refractivity contribution >= 4 is 17.3 Å². The molecule has 130 valence electrons. The third kappa shape index (κ3) is 3.23. The van der Waals surface area contributed by atoms with E-state index in [1.807, 2.05) is 0 Å². The van der Waals surface area contributed by atoms with Crippen molar-refractivity contribution in [2.75, 3.05) is 0 Å². The van der Waals surface area contributed by atoms with Gasteiger partial charge in [-0.2, -0.15) is 0 Å². The number of nitro groups is 1. The first-order valence-corrected chi connectivity index (χ1v) is 8.68. The molecule has 0 N–H and O–H groups in total. The lowest BCUT2D eigenvalue weighted by atomic mass is 9.82. The van der Waals surface area contributed by atoms with Gasteiger partial charge in [-0.1, -0.05) is 52.0 Å². The monoisotopic (exact) mass is 335 g/mol. The number of allylic oxidation sites excluding steroid dienone is 1. The smallest absolute Gasteiger partial charge is 0.258 e. The van der Waals surface area contributed by atoms with Crippen LogP contribution in [0.25, 0.3) is 11.6 Å². The van der Waals surface area contributed by atoms with E-state index in [0.29, 0.717) is 0 Å². The fraction of sp³-hybridized carbons (Fsp3) is 0.364. The molecule has 0 saturated carbocycles. The summed E-state index contributed by atoms with van der Waals surface area (Å²) in [4.78, 5) is 10.4. The molecule has 3 nitrogen and oxygen atoms in total. The second-order valence-electron chi connectivity index (χ2n) is 8.38. The lowest BCUT2D eigenvalue weighted by Crippen LogP contribution is -2.17. The Morgan fingerprint density at radius 1 is 1.00 bits per heavy atom. The lowest BCUT2D eigenvalue weighted by Gasteiger charge is -2.22. The fourth-order valence-electron chi connectivity index (χ4n) is 4.26. The Balaban J connectivity index is 1.96. The predicted octanol–water partition coefficient (Wildman–Crippen LogP) is 6.11. The number of benzene rings is 2. The van der Waals surface area contributed by atoms with Crippen LogP contribution in [-0.2, 0) is 10.8 Å². The molecule has 0 fully saturated rings. The van der Waals surface area contributed by atoms with E-state index in [-0.39, 0.29) is 21.4 Å². The van der Waals surface area contributed by atoms with E-state index < -0.39 is 0 Å². The third-order valence-electron chi connectivity index (χ3n) is 5.30. The average molecular weight is 335 g/mol. The van der Waals surface area contributed by atoms with E-state index >= 15 is 0 Å². The Morgan fingerprint density at radius 2 is 1.60 bits per heavy atom. The summed E-state index contributed by atoms with van der Waals surface area (Å²) in [5, 5.41) is 10.8. The second kappa shape index (κ2) is 5.83. The van der Waals surface area contributed by atoms with Crippen LogP contribution in [0.5, 0.6) is 0 Å². The highest BCUT2D eigenvalue weighted by Gasteiger charge is 2.41. The van der Waals surface area contributed by atoms with Crippen LogP contribution in [0.2, 0.25) is 0 Å². The highest BCUT2D eigenvalue weighted by molar-refractivity contribution is 5.81. The first-order valence-electron chi connectivity index (χ1n) is 8.68. The van der Waals surface area contributed by atoms with Crippen molar-refractivity contribution in [3.05, 3.63) is 74.8 Å². The SMILES string of the molecule is CC(=Cc1ccc([N+](=O)[O-])cc1)c1ccc2c(c1)C(C)(C)CC2(C)C. The molecule has 0 aromatic heterocycles. The van der Waals surface area contributed by atoms with Crippen molar-refractivity contribution in [3.8, 4) is 0 Å².